The maximum Gasteiger partial charge on any atom is 0.167 e. The minimum absolute atomic E-state index is 0.226. The summed E-state index contributed by atoms with van der Waals surface area (Å²) in [5.74, 6) is 1.79. The Bertz CT molecular complexity index is 492. The van der Waals surface area contributed by atoms with Gasteiger partial charge in [0.15, 0.2) is 5.82 Å². The molecule has 2 rings (SSSR count). The van der Waals surface area contributed by atoms with Gasteiger partial charge in [-0.1, -0.05) is 19.1 Å². The Morgan fingerprint density at radius 2 is 2.06 bits per heavy atom. The Hall–Kier alpha value is -1.88. The maximum atomic E-state index is 9.21. The fourth-order valence-electron chi connectivity index (χ4n) is 1.80. The molecule has 2 aromatic rings. The Kier molecular flexibility index (Phi) is 3.94. The Morgan fingerprint density at radius 1 is 1.33 bits per heavy atom. The first-order chi connectivity index (χ1) is 8.69. The summed E-state index contributed by atoms with van der Waals surface area (Å²) in [5, 5.41) is 16.2. The van der Waals surface area contributed by atoms with Crippen LogP contribution in [0.15, 0.2) is 24.3 Å². The van der Waals surface area contributed by atoms with Gasteiger partial charge in [0.05, 0.1) is 6.04 Å². The molecule has 5 nitrogen and oxygen atoms in total. The van der Waals surface area contributed by atoms with Crippen LogP contribution in [-0.2, 0) is 12.8 Å². The fourth-order valence-corrected chi connectivity index (χ4v) is 1.80. The third kappa shape index (κ3) is 3.07. The van der Waals surface area contributed by atoms with Crippen molar-refractivity contribution >= 4 is 0 Å². The quantitative estimate of drug-likeness (QED) is 0.749. The Morgan fingerprint density at radius 3 is 2.72 bits per heavy atom. The van der Waals surface area contributed by atoms with Gasteiger partial charge in [-0.2, -0.15) is 5.10 Å². The normalized spacial score (nSPS) is 12.6. The lowest BCUT2D eigenvalue weighted by Gasteiger charge is -2.07. The Labute approximate surface area is 106 Å². The van der Waals surface area contributed by atoms with Crippen molar-refractivity contribution in [3.8, 4) is 5.75 Å². The van der Waals surface area contributed by atoms with Gasteiger partial charge in [-0.05, 0) is 30.5 Å². The number of phenols is 1. The highest BCUT2D eigenvalue weighted by Crippen LogP contribution is 2.15. The summed E-state index contributed by atoms with van der Waals surface area (Å²) in [6.07, 6.45) is 2.57. The van der Waals surface area contributed by atoms with Crippen molar-refractivity contribution in [3.05, 3.63) is 41.5 Å². The first-order valence-corrected chi connectivity index (χ1v) is 6.13. The lowest BCUT2D eigenvalue weighted by atomic mass is 10.1. The average molecular weight is 246 g/mol. The van der Waals surface area contributed by atoms with Gasteiger partial charge in [-0.25, -0.2) is 4.98 Å². The van der Waals surface area contributed by atoms with E-state index in [0.29, 0.717) is 12.2 Å². The molecule has 0 spiro atoms. The van der Waals surface area contributed by atoms with Crippen LogP contribution in [0.2, 0.25) is 0 Å². The molecule has 0 fully saturated rings. The molecule has 4 N–H and O–H groups in total. The molecule has 0 bridgehead atoms. The minimum atomic E-state index is -0.226. The molecule has 0 radical (unpaired) electrons. The SMILES string of the molecule is CCCc1nc([C@@H](N)Cc2ccc(O)cc2)n[nH]1. The summed E-state index contributed by atoms with van der Waals surface area (Å²) in [7, 11) is 0. The maximum absolute atomic E-state index is 9.21. The molecule has 0 unspecified atom stereocenters. The lowest BCUT2D eigenvalue weighted by Crippen LogP contribution is -2.15. The number of aromatic hydroxyl groups is 1. The second-order valence-corrected chi connectivity index (χ2v) is 4.37. The van der Waals surface area contributed by atoms with Crippen LogP contribution in [-0.4, -0.2) is 20.3 Å². The molecule has 0 aliphatic rings. The molecule has 1 heterocycles. The topological polar surface area (TPSA) is 87.8 Å². The van der Waals surface area contributed by atoms with Crippen molar-refractivity contribution in [3.63, 3.8) is 0 Å². The first-order valence-electron chi connectivity index (χ1n) is 6.13. The van der Waals surface area contributed by atoms with E-state index in [1.165, 1.54) is 0 Å². The van der Waals surface area contributed by atoms with Crippen molar-refractivity contribution in [1.82, 2.24) is 15.2 Å². The van der Waals surface area contributed by atoms with E-state index in [1.54, 1.807) is 12.1 Å². The predicted molar refractivity (Wildman–Crippen MR) is 69.1 cm³/mol. The van der Waals surface area contributed by atoms with Crippen LogP contribution in [0.4, 0.5) is 0 Å². The van der Waals surface area contributed by atoms with Crippen molar-refractivity contribution in [2.75, 3.05) is 0 Å². The van der Waals surface area contributed by atoms with Crippen molar-refractivity contribution < 1.29 is 5.11 Å². The van der Waals surface area contributed by atoms with Crippen LogP contribution in [0.5, 0.6) is 5.75 Å². The summed E-state index contributed by atoms with van der Waals surface area (Å²) < 4.78 is 0. The number of aromatic amines is 1. The number of hydrogen-bond donors (Lipinski definition) is 3. The van der Waals surface area contributed by atoms with Crippen LogP contribution >= 0.6 is 0 Å². The number of rotatable bonds is 5. The summed E-state index contributed by atoms with van der Waals surface area (Å²) in [5.41, 5.74) is 7.12. The van der Waals surface area contributed by atoms with E-state index in [4.69, 9.17) is 5.73 Å². The molecule has 1 aromatic carbocycles. The third-order valence-corrected chi connectivity index (χ3v) is 2.76. The number of aromatic nitrogens is 3. The van der Waals surface area contributed by atoms with Gasteiger partial charge >= 0.3 is 0 Å². The zero-order chi connectivity index (χ0) is 13.0. The molecular weight excluding hydrogens is 228 g/mol. The molecule has 0 aliphatic carbocycles. The number of H-pyrrole nitrogens is 1. The van der Waals surface area contributed by atoms with Crippen LogP contribution in [0, 0.1) is 0 Å². The summed E-state index contributed by atoms with van der Waals surface area (Å²) >= 11 is 0. The molecular formula is C13H18N4O. The molecule has 1 aromatic heterocycles. The second kappa shape index (κ2) is 5.64. The standard InChI is InChI=1S/C13H18N4O/c1-2-3-12-15-13(17-16-12)11(14)8-9-4-6-10(18)7-5-9/h4-7,11,18H,2-3,8,14H2,1H3,(H,15,16,17)/t11-/m0/s1. The Balaban J connectivity index is 2.02. The molecule has 0 saturated heterocycles. The van der Waals surface area contributed by atoms with Crippen LogP contribution < -0.4 is 5.73 Å². The highest BCUT2D eigenvalue weighted by molar-refractivity contribution is 5.26. The molecule has 5 heteroatoms. The summed E-state index contributed by atoms with van der Waals surface area (Å²) in [6, 6.07) is 6.80. The number of aryl methyl sites for hydroxylation is 1. The van der Waals surface area contributed by atoms with Crippen LogP contribution in [0.1, 0.15) is 36.6 Å². The highest BCUT2D eigenvalue weighted by Gasteiger charge is 2.12. The predicted octanol–water partition coefficient (Wildman–Crippen LogP) is 1.71. The van der Waals surface area contributed by atoms with Crippen molar-refractivity contribution in [2.24, 2.45) is 5.73 Å². The van der Waals surface area contributed by atoms with E-state index < -0.39 is 0 Å². The van der Waals surface area contributed by atoms with Gasteiger partial charge in [0, 0.05) is 6.42 Å². The number of hydrogen-bond acceptors (Lipinski definition) is 4. The van der Waals surface area contributed by atoms with Crippen molar-refractivity contribution in [1.29, 1.82) is 0 Å². The largest absolute Gasteiger partial charge is 0.508 e. The van der Waals surface area contributed by atoms with Gasteiger partial charge < -0.3 is 10.8 Å². The molecule has 18 heavy (non-hydrogen) atoms. The molecule has 1 atom stereocenters. The lowest BCUT2D eigenvalue weighted by molar-refractivity contribution is 0.475. The van der Waals surface area contributed by atoms with E-state index in [0.717, 1.165) is 24.2 Å². The van der Waals surface area contributed by atoms with Crippen LogP contribution in [0.25, 0.3) is 0 Å². The zero-order valence-corrected chi connectivity index (χ0v) is 10.4. The summed E-state index contributed by atoms with van der Waals surface area (Å²) in [4.78, 5) is 4.37. The highest BCUT2D eigenvalue weighted by atomic mass is 16.3. The van der Waals surface area contributed by atoms with Gasteiger partial charge in [0.1, 0.15) is 11.6 Å². The third-order valence-electron chi connectivity index (χ3n) is 2.76. The monoisotopic (exact) mass is 246 g/mol. The molecule has 0 aliphatic heterocycles. The minimum Gasteiger partial charge on any atom is -0.508 e. The van der Waals surface area contributed by atoms with E-state index in [-0.39, 0.29) is 11.8 Å². The van der Waals surface area contributed by atoms with E-state index in [9.17, 15) is 5.11 Å². The molecule has 0 saturated carbocycles. The molecule has 0 amide bonds. The van der Waals surface area contributed by atoms with Gasteiger partial charge in [-0.15, -0.1) is 0 Å². The van der Waals surface area contributed by atoms with Crippen LogP contribution in [0.3, 0.4) is 0 Å². The number of benzene rings is 1. The smallest absolute Gasteiger partial charge is 0.167 e. The van der Waals surface area contributed by atoms with Gasteiger partial charge in [0.25, 0.3) is 0 Å². The second-order valence-electron chi connectivity index (χ2n) is 4.37. The summed E-state index contributed by atoms with van der Waals surface area (Å²) in [6.45, 7) is 2.10. The fraction of sp³-hybridized carbons (Fsp3) is 0.385. The number of nitrogens with one attached hydrogen (secondary N) is 1. The number of nitrogens with two attached hydrogens (primary N) is 1. The first kappa shape index (κ1) is 12.6. The van der Waals surface area contributed by atoms with Gasteiger partial charge in [0.2, 0.25) is 0 Å². The van der Waals surface area contributed by atoms with E-state index in [1.807, 2.05) is 12.1 Å². The zero-order valence-electron chi connectivity index (χ0n) is 10.4. The number of nitrogens with zero attached hydrogens (tertiary/aromatic N) is 2. The number of phenolic OH excluding ortho intramolecular Hbond substituents is 1. The van der Waals surface area contributed by atoms with Crippen molar-refractivity contribution in [2.45, 2.75) is 32.2 Å². The molecule has 96 valence electrons. The van der Waals surface area contributed by atoms with Gasteiger partial charge in [-0.3, -0.25) is 5.10 Å². The van der Waals surface area contributed by atoms with E-state index in [2.05, 4.69) is 22.1 Å². The average Bonchev–Trinajstić information content (AvgIpc) is 2.81. The van der Waals surface area contributed by atoms with E-state index >= 15 is 0 Å².